The van der Waals surface area contributed by atoms with E-state index < -0.39 is 0 Å². The molecule has 4 heteroatoms. The zero-order valence-corrected chi connectivity index (χ0v) is 12.4. The van der Waals surface area contributed by atoms with E-state index in [4.69, 9.17) is 15.5 Å². The van der Waals surface area contributed by atoms with Gasteiger partial charge in [-0.25, -0.2) is 4.98 Å². The van der Waals surface area contributed by atoms with E-state index in [9.17, 15) is 0 Å². The summed E-state index contributed by atoms with van der Waals surface area (Å²) in [4.78, 5) is 4.71. The van der Waals surface area contributed by atoms with Crippen molar-refractivity contribution in [2.24, 2.45) is 5.73 Å². The second-order valence-corrected chi connectivity index (χ2v) is 5.55. The summed E-state index contributed by atoms with van der Waals surface area (Å²) in [5.41, 5.74) is 6.78. The van der Waals surface area contributed by atoms with Gasteiger partial charge in [0.15, 0.2) is 0 Å². The van der Waals surface area contributed by atoms with E-state index >= 15 is 0 Å². The Morgan fingerprint density at radius 2 is 1.88 bits per heavy atom. The molecule has 0 aliphatic carbocycles. The zero-order valence-electron chi connectivity index (χ0n) is 11.5. The van der Waals surface area contributed by atoms with Crippen LogP contribution in [0.25, 0.3) is 0 Å². The van der Waals surface area contributed by atoms with Crippen LogP contribution in [0.4, 0.5) is 0 Å². The van der Waals surface area contributed by atoms with Crippen molar-refractivity contribution in [3.05, 3.63) is 16.1 Å². The molecule has 0 aliphatic heterocycles. The number of ether oxygens (including phenoxy) is 1. The molecule has 0 bridgehead atoms. The van der Waals surface area contributed by atoms with E-state index in [2.05, 4.69) is 33.1 Å². The third-order valence-electron chi connectivity index (χ3n) is 3.85. The molecular formula is C13H24N2OS. The Morgan fingerprint density at radius 1 is 1.29 bits per heavy atom. The Balaban J connectivity index is 3.07. The van der Waals surface area contributed by atoms with Gasteiger partial charge in [-0.3, -0.25) is 0 Å². The first-order valence-electron chi connectivity index (χ1n) is 6.26. The summed E-state index contributed by atoms with van der Waals surface area (Å²) in [6.07, 6.45) is 2.72. The van der Waals surface area contributed by atoms with Gasteiger partial charge >= 0.3 is 0 Å². The highest BCUT2D eigenvalue weighted by atomic mass is 32.1. The van der Waals surface area contributed by atoms with Crippen LogP contribution in [-0.4, -0.2) is 12.1 Å². The fraction of sp³-hybridized carbons (Fsp3) is 0.769. The fourth-order valence-electron chi connectivity index (χ4n) is 1.74. The molecule has 1 rings (SSSR count). The van der Waals surface area contributed by atoms with E-state index in [0.29, 0.717) is 0 Å². The van der Waals surface area contributed by atoms with Gasteiger partial charge in [0.1, 0.15) is 10.6 Å². The predicted octanol–water partition coefficient (Wildman–Crippen LogP) is 3.39. The lowest BCUT2D eigenvalue weighted by molar-refractivity contribution is -0.00180. The molecule has 0 aliphatic rings. The van der Waals surface area contributed by atoms with Crippen LogP contribution in [-0.2, 0) is 15.9 Å². The van der Waals surface area contributed by atoms with Crippen LogP contribution in [0.5, 0.6) is 0 Å². The molecule has 0 spiro atoms. The Labute approximate surface area is 108 Å². The molecular weight excluding hydrogens is 232 g/mol. The number of nitrogens with two attached hydrogens (primary N) is 1. The van der Waals surface area contributed by atoms with Crippen LogP contribution in [0.1, 0.15) is 57.7 Å². The molecule has 0 aromatic carbocycles. The number of hydrogen-bond acceptors (Lipinski definition) is 4. The first kappa shape index (κ1) is 14.6. The number of nitrogens with zero attached hydrogens (tertiary/aromatic N) is 1. The highest BCUT2D eigenvalue weighted by Crippen LogP contribution is 2.34. The lowest BCUT2D eigenvalue weighted by Crippen LogP contribution is -2.35. The minimum Gasteiger partial charge on any atom is -0.371 e. The number of thiazole rings is 1. The Kier molecular flexibility index (Phi) is 4.69. The van der Waals surface area contributed by atoms with E-state index in [1.54, 1.807) is 18.4 Å². The summed E-state index contributed by atoms with van der Waals surface area (Å²) in [7, 11) is 1.74. The second kappa shape index (κ2) is 5.46. The SMILES string of the molecule is CCC(N)(CC)c1csc(C(C)(CC)OC)n1. The maximum atomic E-state index is 6.36. The van der Waals surface area contributed by atoms with E-state index in [1.165, 1.54) is 0 Å². The summed E-state index contributed by atoms with van der Waals surface area (Å²) in [5.74, 6) is 0. The molecule has 0 radical (unpaired) electrons. The van der Waals surface area contributed by atoms with Crippen LogP contribution in [0, 0.1) is 0 Å². The first-order valence-corrected chi connectivity index (χ1v) is 7.14. The molecule has 2 N–H and O–H groups in total. The molecule has 1 heterocycles. The summed E-state index contributed by atoms with van der Waals surface area (Å²) in [6, 6.07) is 0. The van der Waals surface area contributed by atoms with Crippen molar-refractivity contribution in [2.45, 2.75) is 58.1 Å². The average molecular weight is 256 g/mol. The van der Waals surface area contributed by atoms with Crippen molar-refractivity contribution in [2.75, 3.05) is 7.11 Å². The fourth-order valence-corrected chi connectivity index (χ4v) is 2.88. The topological polar surface area (TPSA) is 48.1 Å². The molecule has 1 aromatic heterocycles. The average Bonchev–Trinajstić information content (AvgIpc) is 2.87. The van der Waals surface area contributed by atoms with Crippen LogP contribution < -0.4 is 5.73 Å². The van der Waals surface area contributed by atoms with Gasteiger partial charge in [0.25, 0.3) is 0 Å². The molecule has 0 amide bonds. The molecule has 0 fully saturated rings. The van der Waals surface area contributed by atoms with Crippen LogP contribution in [0.15, 0.2) is 5.38 Å². The van der Waals surface area contributed by atoms with E-state index in [-0.39, 0.29) is 11.1 Å². The minimum absolute atomic E-state index is 0.286. The number of rotatable bonds is 6. The lowest BCUT2D eigenvalue weighted by atomic mass is 9.91. The van der Waals surface area contributed by atoms with Crippen molar-refractivity contribution in [1.29, 1.82) is 0 Å². The third-order valence-corrected chi connectivity index (χ3v) is 4.94. The lowest BCUT2D eigenvalue weighted by Gasteiger charge is -2.26. The van der Waals surface area contributed by atoms with Crippen LogP contribution in [0.2, 0.25) is 0 Å². The quantitative estimate of drug-likeness (QED) is 0.848. The second-order valence-electron chi connectivity index (χ2n) is 4.69. The Bertz CT molecular complexity index is 322. The zero-order chi connectivity index (χ0) is 13.1. The molecule has 1 unspecified atom stereocenters. The molecule has 1 aromatic rings. The standard InChI is InChI=1S/C13H24N2OS/c1-6-12(4,16-5)11-15-10(9-17-11)13(14,7-2)8-3/h9H,6-8,14H2,1-5H3. The molecule has 17 heavy (non-hydrogen) atoms. The van der Waals surface area contributed by atoms with E-state index in [1.807, 2.05) is 0 Å². The summed E-state index contributed by atoms with van der Waals surface area (Å²) in [5, 5.41) is 3.10. The van der Waals surface area contributed by atoms with Gasteiger partial charge in [-0.05, 0) is 26.2 Å². The summed E-state index contributed by atoms with van der Waals surface area (Å²) >= 11 is 1.65. The molecule has 1 atom stereocenters. The predicted molar refractivity (Wildman–Crippen MR) is 73.2 cm³/mol. The highest BCUT2D eigenvalue weighted by molar-refractivity contribution is 7.09. The number of methoxy groups -OCH3 is 1. The van der Waals surface area contributed by atoms with Gasteiger partial charge in [-0.15, -0.1) is 11.3 Å². The van der Waals surface area contributed by atoms with Gasteiger partial charge in [0.2, 0.25) is 0 Å². The van der Waals surface area contributed by atoms with Gasteiger partial charge < -0.3 is 10.5 Å². The number of aromatic nitrogens is 1. The third kappa shape index (κ3) is 2.69. The van der Waals surface area contributed by atoms with Crippen molar-refractivity contribution in [1.82, 2.24) is 4.98 Å². The van der Waals surface area contributed by atoms with Gasteiger partial charge in [-0.2, -0.15) is 0 Å². The normalized spacial score (nSPS) is 15.9. The van der Waals surface area contributed by atoms with Crippen molar-refractivity contribution >= 4 is 11.3 Å². The van der Waals surface area contributed by atoms with E-state index in [0.717, 1.165) is 30.0 Å². The van der Waals surface area contributed by atoms with Gasteiger partial charge in [0, 0.05) is 12.5 Å². The van der Waals surface area contributed by atoms with Gasteiger partial charge in [0.05, 0.1) is 11.2 Å². The van der Waals surface area contributed by atoms with Crippen LogP contribution in [0.3, 0.4) is 0 Å². The summed E-state index contributed by atoms with van der Waals surface area (Å²) in [6.45, 7) is 8.40. The molecule has 0 saturated carbocycles. The van der Waals surface area contributed by atoms with Crippen molar-refractivity contribution in [3.8, 4) is 0 Å². The maximum absolute atomic E-state index is 6.36. The Morgan fingerprint density at radius 3 is 2.29 bits per heavy atom. The molecule has 3 nitrogen and oxygen atoms in total. The number of hydrogen-bond donors (Lipinski definition) is 1. The van der Waals surface area contributed by atoms with Crippen molar-refractivity contribution in [3.63, 3.8) is 0 Å². The largest absolute Gasteiger partial charge is 0.371 e. The first-order chi connectivity index (χ1) is 7.95. The maximum Gasteiger partial charge on any atom is 0.125 e. The van der Waals surface area contributed by atoms with Crippen molar-refractivity contribution < 1.29 is 4.74 Å². The van der Waals surface area contributed by atoms with Crippen LogP contribution >= 0.6 is 11.3 Å². The van der Waals surface area contributed by atoms with Gasteiger partial charge in [-0.1, -0.05) is 20.8 Å². The minimum atomic E-state index is -0.295. The summed E-state index contributed by atoms with van der Waals surface area (Å²) < 4.78 is 5.57. The highest BCUT2D eigenvalue weighted by Gasteiger charge is 2.31. The Hall–Kier alpha value is -0.450. The molecule has 0 saturated heterocycles. The monoisotopic (exact) mass is 256 g/mol. The smallest absolute Gasteiger partial charge is 0.125 e. The molecule has 98 valence electrons.